The summed E-state index contributed by atoms with van der Waals surface area (Å²) in [6.07, 6.45) is 14.1. The summed E-state index contributed by atoms with van der Waals surface area (Å²) in [5.41, 5.74) is 2.74. The van der Waals surface area contributed by atoms with Crippen LogP contribution in [0.15, 0.2) is 94.4 Å². The Bertz CT molecular complexity index is 2640. The number of allylic oxidation sites excluding steroid dienone is 6. The first-order valence-electron chi connectivity index (χ1n) is 20.6. The lowest BCUT2D eigenvalue weighted by Gasteiger charge is -2.27. The average Bonchev–Trinajstić information content (AvgIpc) is 3.74. The molecule has 354 valence electrons. The van der Waals surface area contributed by atoms with Crippen molar-refractivity contribution in [3.05, 3.63) is 95.8 Å². The maximum Gasteiger partial charge on any atom is 0.294 e. The van der Waals surface area contributed by atoms with Gasteiger partial charge in [0, 0.05) is 84.0 Å². The van der Waals surface area contributed by atoms with Gasteiger partial charge in [0.2, 0.25) is 11.6 Å². The van der Waals surface area contributed by atoms with E-state index in [-0.39, 0.29) is 56.2 Å². The molecule has 0 saturated heterocycles. The number of hydrogen-bond acceptors (Lipinski definition) is 14. The SMILES string of the molecule is CC1(CCCCCC(=O)NCCN2C(=O)C=CC2=O)C(/C=C/C=C/C=C2\N(CCCS(=O)(=O)O)c3ccc(S(=O)(=O)O)cc3C2(C)C)=[N+](CCCS(=O)(=O)O)c2ccc(SOOO)cc21. The Labute approximate surface area is 382 Å². The van der Waals surface area contributed by atoms with Crippen molar-refractivity contribution in [1.29, 1.82) is 0 Å². The van der Waals surface area contributed by atoms with Crippen LogP contribution in [0.3, 0.4) is 0 Å². The third-order valence-corrected chi connectivity index (χ3v) is 14.5. The maximum atomic E-state index is 12.6. The number of benzene rings is 2. The second kappa shape index (κ2) is 21.4. The van der Waals surface area contributed by atoms with Crippen molar-refractivity contribution in [3.8, 4) is 0 Å². The summed E-state index contributed by atoms with van der Waals surface area (Å²) in [5.74, 6) is -2.06. The van der Waals surface area contributed by atoms with Crippen LogP contribution >= 0.6 is 12.0 Å². The lowest BCUT2D eigenvalue weighted by Crippen LogP contribution is -2.38. The van der Waals surface area contributed by atoms with Crippen LogP contribution in [0, 0.1) is 0 Å². The molecule has 2 aromatic carbocycles. The highest BCUT2D eigenvalue weighted by Gasteiger charge is 2.47. The molecule has 0 saturated carbocycles. The van der Waals surface area contributed by atoms with E-state index in [9.17, 15) is 53.3 Å². The minimum absolute atomic E-state index is 0.0517. The van der Waals surface area contributed by atoms with Crippen molar-refractivity contribution in [2.24, 2.45) is 0 Å². The number of amides is 3. The highest BCUT2D eigenvalue weighted by molar-refractivity contribution is 7.94. The van der Waals surface area contributed by atoms with E-state index in [1.807, 2.05) is 48.5 Å². The van der Waals surface area contributed by atoms with Crippen LogP contribution in [-0.2, 0) is 64.9 Å². The molecule has 3 amide bonds. The molecule has 1 atom stereocenters. The zero-order valence-electron chi connectivity index (χ0n) is 36.0. The molecule has 3 aliphatic rings. The Morgan fingerprint density at radius 3 is 2.17 bits per heavy atom. The quantitative estimate of drug-likeness (QED) is 0.0134. The molecule has 3 heterocycles. The van der Waals surface area contributed by atoms with Crippen molar-refractivity contribution in [2.75, 3.05) is 42.6 Å². The average molecular weight is 982 g/mol. The number of carbonyl (C=O) groups excluding carboxylic acids is 3. The van der Waals surface area contributed by atoms with Crippen LogP contribution in [0.5, 0.6) is 0 Å². The highest BCUT2D eigenvalue weighted by Crippen LogP contribution is 2.49. The Balaban J connectivity index is 1.41. The standard InChI is InChI=1S/C42H52N4O15S4/c1-41(2)32-29-31(65(57,58)59)16-18-34(32)44(23-10-26-63(51,52)53)36(41)12-6-4-7-13-37-42(3,21-9-5-8-14-38(47)43-22-25-46-39(48)19-20-40(46)49)33-28-30(62-61-60-50)15-17-35(33)45(37)24-11-27-64(54,55)56/h4,6-7,12-13,15-20,28-29H,5,8-11,14,21-27H2,1-3H3,(H4-,43,47,50,51,52,53,54,55,56,57,58,59)/p+1. The largest absolute Gasteiger partial charge is 0.354 e. The minimum atomic E-state index is -4.53. The maximum absolute atomic E-state index is 12.6. The van der Waals surface area contributed by atoms with Crippen LogP contribution in [0.2, 0.25) is 0 Å². The van der Waals surface area contributed by atoms with Crippen molar-refractivity contribution in [1.82, 2.24) is 10.2 Å². The van der Waals surface area contributed by atoms with Crippen LogP contribution < -0.4 is 10.2 Å². The molecule has 5 rings (SSSR count). The summed E-state index contributed by atoms with van der Waals surface area (Å²) in [4.78, 5) is 39.4. The third kappa shape index (κ3) is 13.3. The van der Waals surface area contributed by atoms with Gasteiger partial charge < -0.3 is 10.2 Å². The number of nitrogens with zero attached hydrogens (tertiary/aromatic N) is 3. The van der Waals surface area contributed by atoms with E-state index in [2.05, 4.69) is 10.4 Å². The van der Waals surface area contributed by atoms with Crippen molar-refractivity contribution >= 4 is 77.2 Å². The lowest BCUT2D eigenvalue weighted by molar-refractivity contribution is -0.437. The number of fused-ring (bicyclic) bond motifs is 2. The van der Waals surface area contributed by atoms with Gasteiger partial charge in [0.25, 0.3) is 42.2 Å². The fraction of sp³-hybridized carbons (Fsp3) is 0.429. The van der Waals surface area contributed by atoms with Gasteiger partial charge in [-0.25, -0.2) is 5.26 Å². The summed E-state index contributed by atoms with van der Waals surface area (Å²) in [7, 11) is -13.1. The Hall–Kier alpha value is -4.56. The lowest BCUT2D eigenvalue weighted by atomic mass is 9.75. The zero-order valence-corrected chi connectivity index (χ0v) is 39.2. The molecule has 3 aliphatic heterocycles. The molecule has 0 bridgehead atoms. The number of rotatable bonds is 24. The number of imide groups is 1. The third-order valence-electron chi connectivity index (χ3n) is 11.5. The second-order valence-corrected chi connectivity index (χ2v) is 21.7. The Morgan fingerprint density at radius 2 is 1.51 bits per heavy atom. The van der Waals surface area contributed by atoms with E-state index in [0.29, 0.717) is 47.5 Å². The van der Waals surface area contributed by atoms with Gasteiger partial charge in [0.05, 0.1) is 33.9 Å². The number of nitrogens with one attached hydrogen (secondary N) is 1. The molecule has 2 aromatic rings. The molecule has 1 unspecified atom stereocenters. The Kier molecular flexibility index (Phi) is 16.9. The number of hydrogen-bond donors (Lipinski definition) is 5. The summed E-state index contributed by atoms with van der Waals surface area (Å²) in [6.45, 7) is 6.30. The van der Waals surface area contributed by atoms with E-state index in [1.54, 1.807) is 30.4 Å². The summed E-state index contributed by atoms with van der Waals surface area (Å²) in [5, 5.41) is 15.4. The van der Waals surface area contributed by atoms with Crippen molar-refractivity contribution in [3.63, 3.8) is 0 Å². The van der Waals surface area contributed by atoms with E-state index in [1.165, 1.54) is 30.4 Å². The molecule has 0 radical (unpaired) electrons. The first kappa shape index (κ1) is 51.4. The van der Waals surface area contributed by atoms with Gasteiger partial charge in [-0.3, -0.25) is 32.9 Å². The van der Waals surface area contributed by atoms with Gasteiger partial charge >= 0.3 is 0 Å². The van der Waals surface area contributed by atoms with Crippen LogP contribution in [0.4, 0.5) is 11.4 Å². The molecule has 19 nitrogen and oxygen atoms in total. The molecule has 0 fully saturated rings. The van der Waals surface area contributed by atoms with Gasteiger partial charge in [0.1, 0.15) is 6.54 Å². The van der Waals surface area contributed by atoms with Crippen LogP contribution in [0.25, 0.3) is 0 Å². The Morgan fingerprint density at radius 1 is 0.815 bits per heavy atom. The number of anilines is 1. The molecule has 23 heteroatoms. The monoisotopic (exact) mass is 981 g/mol. The first-order chi connectivity index (χ1) is 30.5. The van der Waals surface area contributed by atoms with Crippen molar-refractivity contribution in [2.45, 2.75) is 86.3 Å². The van der Waals surface area contributed by atoms with Gasteiger partial charge in [-0.2, -0.15) is 29.8 Å². The predicted octanol–water partition coefficient (Wildman–Crippen LogP) is 5.06. The predicted molar refractivity (Wildman–Crippen MR) is 241 cm³/mol. The van der Waals surface area contributed by atoms with E-state index in [4.69, 9.17) is 9.59 Å². The van der Waals surface area contributed by atoms with E-state index < -0.39 is 64.5 Å². The second-order valence-electron chi connectivity index (χ2n) is 16.4. The smallest absolute Gasteiger partial charge is 0.294 e. The van der Waals surface area contributed by atoms with Gasteiger partial charge in [0.15, 0.2) is 5.71 Å². The number of unbranched alkanes of at least 4 members (excludes halogenated alkanes) is 2. The first-order valence-corrected chi connectivity index (χ1v) is 26.0. The van der Waals surface area contributed by atoms with Gasteiger partial charge in [-0.15, -0.1) is 4.33 Å². The summed E-state index contributed by atoms with van der Waals surface area (Å²) < 4.78 is 106. The zero-order chi connectivity index (χ0) is 47.8. The molecule has 0 aliphatic carbocycles. The van der Waals surface area contributed by atoms with Gasteiger partial charge in [-0.1, -0.05) is 50.0 Å². The number of carbonyl (C=O) groups is 3. The highest BCUT2D eigenvalue weighted by atomic mass is 32.2. The minimum Gasteiger partial charge on any atom is -0.354 e. The fourth-order valence-corrected chi connectivity index (χ4v) is 10.2. The molecule has 0 aromatic heterocycles. The van der Waals surface area contributed by atoms with E-state index >= 15 is 0 Å². The molecular weight excluding hydrogens is 929 g/mol. The van der Waals surface area contributed by atoms with Crippen molar-refractivity contribution < 1.29 is 72.5 Å². The van der Waals surface area contributed by atoms with Crippen LogP contribution in [0.1, 0.15) is 76.8 Å². The molecule has 65 heavy (non-hydrogen) atoms. The van der Waals surface area contributed by atoms with Crippen LogP contribution in [-0.4, -0.2) is 115 Å². The topological polar surface area (TPSA) is 275 Å². The molecule has 0 spiro atoms. The molecule has 5 N–H and O–H groups in total. The fourth-order valence-electron chi connectivity index (χ4n) is 8.35. The summed E-state index contributed by atoms with van der Waals surface area (Å²) >= 11 is 0.776. The normalized spacial score (nSPS) is 19.2. The van der Waals surface area contributed by atoms with E-state index in [0.717, 1.165) is 33.9 Å². The van der Waals surface area contributed by atoms with Gasteiger partial charge in [-0.05, 0) is 68.2 Å². The molecular formula is C42H53N4O15S4+. The summed E-state index contributed by atoms with van der Waals surface area (Å²) in [6, 6.07) is 9.62.